The van der Waals surface area contributed by atoms with Gasteiger partial charge in [-0.3, -0.25) is 0 Å². The molecule has 0 aliphatic carbocycles. The number of benzene rings is 1. The summed E-state index contributed by atoms with van der Waals surface area (Å²) in [6.45, 7) is 3.48. The predicted octanol–water partition coefficient (Wildman–Crippen LogP) is 2.28. The van der Waals surface area contributed by atoms with Gasteiger partial charge in [0.1, 0.15) is 5.82 Å². The molecule has 0 radical (unpaired) electrons. The summed E-state index contributed by atoms with van der Waals surface area (Å²) in [6.07, 6.45) is 2.13. The molecule has 0 saturated heterocycles. The standard InChI is InChI=1S/C14H23FN2O/c1-17(14-8-4-3-7-13(14)15)11-6-5-9-16-10-12-18-2/h3-4,7-8,16H,5-6,9-12H2,1-2H3. The zero-order chi connectivity index (χ0) is 13.2. The molecule has 0 fully saturated rings. The summed E-state index contributed by atoms with van der Waals surface area (Å²) in [5.41, 5.74) is 0.671. The average molecular weight is 254 g/mol. The molecule has 18 heavy (non-hydrogen) atoms. The van der Waals surface area contributed by atoms with Gasteiger partial charge in [-0.15, -0.1) is 0 Å². The van der Waals surface area contributed by atoms with Crippen LogP contribution < -0.4 is 10.2 Å². The molecule has 1 rings (SSSR count). The van der Waals surface area contributed by atoms with Crippen molar-refractivity contribution in [2.24, 2.45) is 0 Å². The Labute approximate surface area is 109 Å². The Morgan fingerprint density at radius 2 is 2.00 bits per heavy atom. The Balaban J connectivity index is 2.14. The van der Waals surface area contributed by atoms with E-state index in [1.54, 1.807) is 13.2 Å². The Kier molecular flexibility index (Phi) is 7.37. The molecule has 1 N–H and O–H groups in total. The molecular weight excluding hydrogens is 231 g/mol. The normalized spacial score (nSPS) is 10.6. The zero-order valence-electron chi connectivity index (χ0n) is 11.3. The van der Waals surface area contributed by atoms with E-state index < -0.39 is 0 Å². The van der Waals surface area contributed by atoms with Gasteiger partial charge in [0.05, 0.1) is 12.3 Å². The predicted molar refractivity (Wildman–Crippen MR) is 73.6 cm³/mol. The van der Waals surface area contributed by atoms with Crippen LogP contribution in [-0.4, -0.2) is 40.4 Å². The van der Waals surface area contributed by atoms with Gasteiger partial charge in [-0.1, -0.05) is 12.1 Å². The van der Waals surface area contributed by atoms with E-state index in [1.807, 2.05) is 24.1 Å². The average Bonchev–Trinajstić information content (AvgIpc) is 2.38. The lowest BCUT2D eigenvalue weighted by Crippen LogP contribution is -2.23. The van der Waals surface area contributed by atoms with Crippen molar-refractivity contribution in [1.82, 2.24) is 5.32 Å². The van der Waals surface area contributed by atoms with Crippen LogP contribution in [0.2, 0.25) is 0 Å². The molecule has 0 heterocycles. The van der Waals surface area contributed by atoms with Crippen molar-refractivity contribution >= 4 is 5.69 Å². The molecule has 0 atom stereocenters. The van der Waals surface area contributed by atoms with Gasteiger partial charge in [0, 0.05) is 27.2 Å². The second kappa shape index (κ2) is 8.89. The van der Waals surface area contributed by atoms with Crippen LogP contribution in [0.15, 0.2) is 24.3 Å². The van der Waals surface area contributed by atoms with Crippen LogP contribution in [0.4, 0.5) is 10.1 Å². The maximum atomic E-state index is 13.5. The molecule has 4 heteroatoms. The fourth-order valence-electron chi connectivity index (χ4n) is 1.78. The highest BCUT2D eigenvalue weighted by atomic mass is 19.1. The van der Waals surface area contributed by atoms with Crippen molar-refractivity contribution in [2.75, 3.05) is 45.3 Å². The number of unbranched alkanes of at least 4 members (excludes halogenated alkanes) is 1. The largest absolute Gasteiger partial charge is 0.383 e. The van der Waals surface area contributed by atoms with Gasteiger partial charge in [0.2, 0.25) is 0 Å². The van der Waals surface area contributed by atoms with Gasteiger partial charge in [-0.25, -0.2) is 4.39 Å². The first-order valence-corrected chi connectivity index (χ1v) is 6.41. The fraction of sp³-hybridized carbons (Fsp3) is 0.571. The van der Waals surface area contributed by atoms with Crippen LogP contribution in [-0.2, 0) is 4.74 Å². The van der Waals surface area contributed by atoms with Gasteiger partial charge in [-0.2, -0.15) is 0 Å². The van der Waals surface area contributed by atoms with Crippen molar-refractivity contribution in [1.29, 1.82) is 0 Å². The molecule has 1 aromatic rings. The lowest BCUT2D eigenvalue weighted by molar-refractivity contribution is 0.199. The molecule has 0 unspecified atom stereocenters. The first-order valence-electron chi connectivity index (χ1n) is 6.41. The zero-order valence-corrected chi connectivity index (χ0v) is 11.3. The molecule has 1 aromatic carbocycles. The van der Waals surface area contributed by atoms with Crippen LogP contribution in [0.5, 0.6) is 0 Å². The van der Waals surface area contributed by atoms with Crippen LogP contribution in [0.1, 0.15) is 12.8 Å². The third-order valence-electron chi connectivity index (χ3n) is 2.84. The smallest absolute Gasteiger partial charge is 0.146 e. The molecule has 3 nitrogen and oxygen atoms in total. The number of para-hydroxylation sites is 1. The Morgan fingerprint density at radius 3 is 2.72 bits per heavy atom. The molecule has 0 saturated carbocycles. The number of hydrogen-bond donors (Lipinski definition) is 1. The van der Waals surface area contributed by atoms with Gasteiger partial charge in [0.25, 0.3) is 0 Å². The van der Waals surface area contributed by atoms with E-state index >= 15 is 0 Å². The van der Waals surface area contributed by atoms with Crippen LogP contribution in [0.3, 0.4) is 0 Å². The van der Waals surface area contributed by atoms with Crippen LogP contribution in [0.25, 0.3) is 0 Å². The van der Waals surface area contributed by atoms with Crippen molar-refractivity contribution in [3.8, 4) is 0 Å². The van der Waals surface area contributed by atoms with Gasteiger partial charge in [0.15, 0.2) is 0 Å². The first kappa shape index (κ1) is 14.9. The Morgan fingerprint density at radius 1 is 1.22 bits per heavy atom. The summed E-state index contributed by atoms with van der Waals surface area (Å²) in [7, 11) is 3.63. The van der Waals surface area contributed by atoms with Crippen LogP contribution >= 0.6 is 0 Å². The van der Waals surface area contributed by atoms with E-state index in [9.17, 15) is 4.39 Å². The van der Waals surface area contributed by atoms with E-state index in [4.69, 9.17) is 4.74 Å². The quantitative estimate of drug-likeness (QED) is 0.684. The number of nitrogens with zero attached hydrogens (tertiary/aromatic N) is 1. The maximum Gasteiger partial charge on any atom is 0.146 e. The molecule has 0 bridgehead atoms. The van der Waals surface area contributed by atoms with Crippen molar-refractivity contribution < 1.29 is 9.13 Å². The highest BCUT2D eigenvalue weighted by molar-refractivity contribution is 5.46. The fourth-order valence-corrected chi connectivity index (χ4v) is 1.78. The minimum absolute atomic E-state index is 0.154. The number of ether oxygens (including phenoxy) is 1. The Hall–Kier alpha value is -1.13. The summed E-state index contributed by atoms with van der Waals surface area (Å²) in [5.74, 6) is -0.154. The topological polar surface area (TPSA) is 24.5 Å². The maximum absolute atomic E-state index is 13.5. The summed E-state index contributed by atoms with van der Waals surface area (Å²) in [4.78, 5) is 1.96. The van der Waals surface area contributed by atoms with Gasteiger partial charge in [-0.05, 0) is 31.5 Å². The lowest BCUT2D eigenvalue weighted by Gasteiger charge is -2.19. The molecule has 102 valence electrons. The molecule has 0 aliphatic rings. The number of rotatable bonds is 9. The second-order valence-electron chi connectivity index (χ2n) is 4.32. The summed E-state index contributed by atoms with van der Waals surface area (Å²) >= 11 is 0. The van der Waals surface area contributed by atoms with E-state index in [0.717, 1.165) is 39.1 Å². The van der Waals surface area contributed by atoms with Crippen molar-refractivity contribution in [3.05, 3.63) is 30.1 Å². The van der Waals surface area contributed by atoms with Crippen LogP contribution in [0, 0.1) is 5.82 Å². The minimum atomic E-state index is -0.154. The van der Waals surface area contributed by atoms with Gasteiger partial charge < -0.3 is 15.0 Å². The van der Waals surface area contributed by atoms with Gasteiger partial charge >= 0.3 is 0 Å². The number of nitrogens with one attached hydrogen (secondary N) is 1. The summed E-state index contributed by atoms with van der Waals surface area (Å²) in [5, 5.41) is 3.29. The SMILES string of the molecule is COCCNCCCCN(C)c1ccccc1F. The molecule has 0 aromatic heterocycles. The summed E-state index contributed by atoms with van der Waals surface area (Å²) < 4.78 is 18.4. The number of halogens is 1. The van der Waals surface area contributed by atoms with Crippen molar-refractivity contribution in [3.63, 3.8) is 0 Å². The van der Waals surface area contributed by atoms with E-state index in [-0.39, 0.29) is 5.82 Å². The molecular formula is C14H23FN2O. The molecule has 0 aliphatic heterocycles. The number of anilines is 1. The lowest BCUT2D eigenvalue weighted by atomic mass is 10.2. The molecule has 0 spiro atoms. The highest BCUT2D eigenvalue weighted by Gasteiger charge is 2.05. The number of methoxy groups -OCH3 is 1. The third kappa shape index (κ3) is 5.47. The van der Waals surface area contributed by atoms with E-state index in [1.165, 1.54) is 6.07 Å². The Bertz CT molecular complexity index is 333. The summed E-state index contributed by atoms with van der Waals surface area (Å²) in [6, 6.07) is 6.89. The monoisotopic (exact) mass is 254 g/mol. The van der Waals surface area contributed by atoms with E-state index in [0.29, 0.717) is 5.69 Å². The highest BCUT2D eigenvalue weighted by Crippen LogP contribution is 2.17. The molecule has 0 amide bonds. The minimum Gasteiger partial charge on any atom is -0.383 e. The second-order valence-corrected chi connectivity index (χ2v) is 4.32. The van der Waals surface area contributed by atoms with E-state index in [2.05, 4.69) is 5.32 Å². The van der Waals surface area contributed by atoms with Crippen molar-refractivity contribution in [2.45, 2.75) is 12.8 Å². The number of hydrogen-bond acceptors (Lipinski definition) is 3. The first-order chi connectivity index (χ1) is 8.75. The third-order valence-corrected chi connectivity index (χ3v) is 2.84.